The van der Waals surface area contributed by atoms with Crippen LogP contribution in [0, 0.1) is 0 Å². The number of halogens is 1. The van der Waals surface area contributed by atoms with Crippen molar-refractivity contribution in [3.8, 4) is 11.5 Å². The van der Waals surface area contributed by atoms with Gasteiger partial charge < -0.3 is 10.2 Å². The highest BCUT2D eigenvalue weighted by Gasteiger charge is 2.23. The Bertz CT molecular complexity index is 789. The lowest BCUT2D eigenvalue weighted by molar-refractivity contribution is 0.390. The molecule has 0 spiro atoms. The zero-order valence-corrected chi connectivity index (χ0v) is 14.6. The molecular weight excluding hydrogens is 336 g/mol. The first-order valence-electron chi connectivity index (χ1n) is 8.46. The van der Waals surface area contributed by atoms with Gasteiger partial charge in [-0.15, -0.1) is 0 Å². The number of phenolic OH excluding ortho intramolecular Hbond substituents is 2. The van der Waals surface area contributed by atoms with Crippen molar-refractivity contribution in [1.29, 1.82) is 0 Å². The highest BCUT2D eigenvalue weighted by atomic mass is 35.5. The lowest BCUT2D eigenvalue weighted by atomic mass is 9.91. The summed E-state index contributed by atoms with van der Waals surface area (Å²) < 4.78 is 0. The Morgan fingerprint density at radius 1 is 0.840 bits per heavy atom. The first kappa shape index (κ1) is 17.5. The van der Waals surface area contributed by atoms with Gasteiger partial charge >= 0.3 is 0 Å². The molecule has 0 heterocycles. The van der Waals surface area contributed by atoms with Crippen molar-refractivity contribution in [2.24, 2.45) is 9.98 Å². The summed E-state index contributed by atoms with van der Waals surface area (Å²) in [6.07, 6.45) is 7.57. The van der Waals surface area contributed by atoms with Crippen LogP contribution in [-0.4, -0.2) is 34.7 Å². The van der Waals surface area contributed by atoms with Gasteiger partial charge in [-0.05, 0) is 43.2 Å². The van der Waals surface area contributed by atoms with E-state index >= 15 is 0 Å². The summed E-state index contributed by atoms with van der Waals surface area (Å²) in [5.74, 6) is 0.393. The molecule has 3 rings (SSSR count). The Kier molecular flexibility index (Phi) is 5.71. The van der Waals surface area contributed by atoms with Crippen molar-refractivity contribution < 1.29 is 10.2 Å². The van der Waals surface area contributed by atoms with E-state index in [1.165, 1.54) is 0 Å². The standard InChI is InChI=1S/C20H21ClN2O2/c21-16-9-10-20(25)15(11-16)13-23-18-7-3-2-6-17(18)22-12-14-5-1-4-8-19(14)24/h1,4-5,8-13,17-18,24-25H,2-3,6-7H2/t17-,18-/m1/s1. The van der Waals surface area contributed by atoms with Gasteiger partial charge in [0.15, 0.2) is 0 Å². The van der Waals surface area contributed by atoms with Crippen LogP contribution >= 0.6 is 11.6 Å². The van der Waals surface area contributed by atoms with Crippen LogP contribution in [0.3, 0.4) is 0 Å². The van der Waals surface area contributed by atoms with Gasteiger partial charge in [0.1, 0.15) is 11.5 Å². The van der Waals surface area contributed by atoms with Gasteiger partial charge in [-0.2, -0.15) is 0 Å². The third-order valence-corrected chi connectivity index (χ3v) is 4.67. The maximum Gasteiger partial charge on any atom is 0.124 e. The highest BCUT2D eigenvalue weighted by molar-refractivity contribution is 6.30. The monoisotopic (exact) mass is 356 g/mol. The number of para-hydroxylation sites is 1. The van der Waals surface area contributed by atoms with Gasteiger partial charge in [0, 0.05) is 28.6 Å². The van der Waals surface area contributed by atoms with E-state index in [1.54, 1.807) is 42.8 Å². The highest BCUT2D eigenvalue weighted by Crippen LogP contribution is 2.26. The van der Waals surface area contributed by atoms with E-state index in [0.29, 0.717) is 16.1 Å². The minimum atomic E-state index is 0.0641. The third kappa shape index (κ3) is 4.60. The maximum absolute atomic E-state index is 9.91. The molecule has 4 nitrogen and oxygen atoms in total. The van der Waals surface area contributed by atoms with E-state index in [4.69, 9.17) is 11.6 Å². The summed E-state index contributed by atoms with van der Waals surface area (Å²) >= 11 is 5.98. The van der Waals surface area contributed by atoms with Crippen LogP contribution in [0.2, 0.25) is 5.02 Å². The second-order valence-corrected chi connectivity index (χ2v) is 6.67. The predicted molar refractivity (Wildman–Crippen MR) is 102 cm³/mol. The van der Waals surface area contributed by atoms with Crippen LogP contribution in [-0.2, 0) is 0 Å². The van der Waals surface area contributed by atoms with E-state index in [0.717, 1.165) is 25.7 Å². The van der Waals surface area contributed by atoms with Crippen LogP contribution in [0.15, 0.2) is 52.4 Å². The summed E-state index contributed by atoms with van der Waals surface area (Å²) in [7, 11) is 0. The van der Waals surface area contributed by atoms with E-state index in [9.17, 15) is 10.2 Å². The number of hydrogen-bond acceptors (Lipinski definition) is 4. The summed E-state index contributed by atoms with van der Waals surface area (Å²) in [4.78, 5) is 9.31. The van der Waals surface area contributed by atoms with Gasteiger partial charge in [-0.1, -0.05) is 36.6 Å². The van der Waals surface area contributed by atoms with Crippen molar-refractivity contribution in [3.63, 3.8) is 0 Å². The minimum absolute atomic E-state index is 0.0641. The van der Waals surface area contributed by atoms with Gasteiger partial charge in [0.25, 0.3) is 0 Å². The molecular formula is C20H21ClN2O2. The first-order valence-corrected chi connectivity index (χ1v) is 8.84. The zero-order valence-electron chi connectivity index (χ0n) is 13.8. The average molecular weight is 357 g/mol. The fraction of sp³-hybridized carbons (Fsp3) is 0.300. The Morgan fingerprint density at radius 3 is 2.12 bits per heavy atom. The lowest BCUT2D eigenvalue weighted by Crippen LogP contribution is -2.27. The number of aliphatic imine (C=N–C) groups is 2. The predicted octanol–water partition coefficient (Wildman–Crippen LogP) is 4.60. The van der Waals surface area contributed by atoms with Gasteiger partial charge in [-0.3, -0.25) is 9.98 Å². The number of hydrogen-bond donors (Lipinski definition) is 2. The number of phenols is 2. The molecule has 2 aromatic carbocycles. The Labute approximate surface area is 152 Å². The van der Waals surface area contributed by atoms with Crippen molar-refractivity contribution in [3.05, 3.63) is 58.6 Å². The van der Waals surface area contributed by atoms with E-state index in [-0.39, 0.29) is 23.6 Å². The summed E-state index contributed by atoms with van der Waals surface area (Å²) in [6.45, 7) is 0. The van der Waals surface area contributed by atoms with Gasteiger partial charge in [0.05, 0.1) is 12.1 Å². The molecule has 1 aliphatic rings. The summed E-state index contributed by atoms with van der Waals surface area (Å²) in [6, 6.07) is 12.2. The minimum Gasteiger partial charge on any atom is -0.507 e. The molecule has 1 aliphatic carbocycles. The Hall–Kier alpha value is -2.33. The fourth-order valence-electron chi connectivity index (χ4n) is 3.02. The average Bonchev–Trinajstić information content (AvgIpc) is 2.62. The van der Waals surface area contributed by atoms with Crippen LogP contribution in [0.5, 0.6) is 11.5 Å². The number of nitrogens with zero attached hydrogens (tertiary/aromatic N) is 2. The smallest absolute Gasteiger partial charge is 0.124 e. The quantitative estimate of drug-likeness (QED) is 0.786. The van der Waals surface area contributed by atoms with Crippen molar-refractivity contribution in [2.45, 2.75) is 37.8 Å². The van der Waals surface area contributed by atoms with Crippen LogP contribution in [0.1, 0.15) is 36.8 Å². The number of rotatable bonds is 4. The summed E-state index contributed by atoms with van der Waals surface area (Å²) in [5, 5.41) is 20.3. The molecule has 25 heavy (non-hydrogen) atoms. The molecule has 1 saturated carbocycles. The van der Waals surface area contributed by atoms with Crippen LogP contribution in [0.4, 0.5) is 0 Å². The van der Waals surface area contributed by atoms with Gasteiger partial charge in [-0.25, -0.2) is 0 Å². The molecule has 1 fully saturated rings. The first-order chi connectivity index (χ1) is 12.1. The van der Waals surface area contributed by atoms with Crippen LogP contribution < -0.4 is 0 Å². The van der Waals surface area contributed by atoms with Crippen molar-refractivity contribution in [2.75, 3.05) is 0 Å². The third-order valence-electron chi connectivity index (χ3n) is 4.43. The Balaban J connectivity index is 1.76. The fourth-order valence-corrected chi connectivity index (χ4v) is 3.20. The molecule has 0 radical (unpaired) electrons. The molecule has 0 unspecified atom stereocenters. The molecule has 2 atom stereocenters. The lowest BCUT2D eigenvalue weighted by Gasteiger charge is -2.25. The summed E-state index contributed by atoms with van der Waals surface area (Å²) in [5.41, 5.74) is 1.32. The van der Waals surface area contributed by atoms with E-state index < -0.39 is 0 Å². The number of benzene rings is 2. The molecule has 5 heteroatoms. The molecule has 2 N–H and O–H groups in total. The van der Waals surface area contributed by atoms with E-state index in [1.807, 2.05) is 12.1 Å². The van der Waals surface area contributed by atoms with Crippen LogP contribution in [0.25, 0.3) is 0 Å². The SMILES string of the molecule is Oc1ccccc1C=N[C@@H]1CCCC[C@H]1N=Cc1cc(Cl)ccc1O. The molecule has 0 amide bonds. The molecule has 2 aromatic rings. The number of aromatic hydroxyl groups is 2. The molecule has 0 aromatic heterocycles. The maximum atomic E-state index is 9.91. The topological polar surface area (TPSA) is 65.2 Å². The van der Waals surface area contributed by atoms with E-state index in [2.05, 4.69) is 9.98 Å². The molecule has 130 valence electrons. The normalized spacial score (nSPS) is 21.2. The molecule has 0 saturated heterocycles. The van der Waals surface area contributed by atoms with Crippen molar-refractivity contribution >= 4 is 24.0 Å². The van der Waals surface area contributed by atoms with Gasteiger partial charge in [0.2, 0.25) is 0 Å². The zero-order chi connectivity index (χ0) is 17.6. The second kappa shape index (κ2) is 8.17. The van der Waals surface area contributed by atoms with Crippen molar-refractivity contribution in [1.82, 2.24) is 0 Å². The second-order valence-electron chi connectivity index (χ2n) is 6.24. The Morgan fingerprint density at radius 2 is 1.44 bits per heavy atom. The largest absolute Gasteiger partial charge is 0.507 e. The molecule has 0 aliphatic heterocycles. The molecule has 0 bridgehead atoms.